The highest BCUT2D eigenvalue weighted by Crippen LogP contribution is 2.32. The Morgan fingerprint density at radius 3 is 2.69 bits per heavy atom. The van der Waals surface area contributed by atoms with Crippen molar-refractivity contribution in [2.45, 2.75) is 19.3 Å². The van der Waals surface area contributed by atoms with Crippen LogP contribution in [0.15, 0.2) is 12.1 Å². The summed E-state index contributed by atoms with van der Waals surface area (Å²) in [6.45, 7) is 0. The fraction of sp³-hybridized carbons (Fsp3) is 0.333. The van der Waals surface area contributed by atoms with Gasteiger partial charge in [0, 0.05) is 0 Å². The van der Waals surface area contributed by atoms with Gasteiger partial charge in [-0.25, -0.2) is 4.79 Å². The Bertz CT molecular complexity index is 462. The van der Waals surface area contributed by atoms with Gasteiger partial charge < -0.3 is 9.84 Å². The Labute approximate surface area is 92.8 Å². The first-order valence-corrected chi connectivity index (χ1v) is 5.11. The average molecular weight is 220 g/mol. The summed E-state index contributed by atoms with van der Waals surface area (Å²) in [4.78, 5) is 22.4. The molecule has 4 heteroatoms. The third-order valence-electron chi connectivity index (χ3n) is 2.89. The van der Waals surface area contributed by atoms with Gasteiger partial charge in [0.2, 0.25) is 0 Å². The normalized spacial score (nSPS) is 13.3. The SMILES string of the molecule is COc1ccc2c(c1C(=O)C(=O)O)CCC2. The topological polar surface area (TPSA) is 63.6 Å². The number of hydrogen-bond acceptors (Lipinski definition) is 3. The molecule has 0 amide bonds. The van der Waals surface area contributed by atoms with Crippen LogP contribution in [0.3, 0.4) is 0 Å². The van der Waals surface area contributed by atoms with E-state index < -0.39 is 11.8 Å². The molecule has 1 aromatic rings. The second kappa shape index (κ2) is 3.96. The van der Waals surface area contributed by atoms with E-state index in [4.69, 9.17) is 9.84 Å². The van der Waals surface area contributed by atoms with Gasteiger partial charge in [-0.15, -0.1) is 0 Å². The fourth-order valence-corrected chi connectivity index (χ4v) is 2.17. The van der Waals surface area contributed by atoms with Crippen LogP contribution in [0.2, 0.25) is 0 Å². The van der Waals surface area contributed by atoms with Gasteiger partial charge in [-0.05, 0) is 36.5 Å². The monoisotopic (exact) mass is 220 g/mol. The van der Waals surface area contributed by atoms with E-state index in [1.54, 1.807) is 6.07 Å². The molecule has 0 atom stereocenters. The standard InChI is InChI=1S/C12H12O4/c1-16-9-6-5-7-3-2-4-8(7)10(9)11(13)12(14)15/h5-6H,2-4H2,1H3,(H,14,15). The van der Waals surface area contributed by atoms with Crippen LogP contribution < -0.4 is 4.74 Å². The lowest BCUT2D eigenvalue weighted by molar-refractivity contribution is -0.131. The van der Waals surface area contributed by atoms with Crippen LogP contribution in [0, 0.1) is 0 Å². The number of hydrogen-bond donors (Lipinski definition) is 1. The van der Waals surface area contributed by atoms with Gasteiger partial charge in [0.25, 0.3) is 5.78 Å². The van der Waals surface area contributed by atoms with Crippen LogP contribution in [0.1, 0.15) is 27.9 Å². The maximum absolute atomic E-state index is 11.6. The second-order valence-electron chi connectivity index (χ2n) is 3.77. The Morgan fingerprint density at radius 1 is 1.31 bits per heavy atom. The maximum atomic E-state index is 11.6. The second-order valence-corrected chi connectivity index (χ2v) is 3.77. The lowest BCUT2D eigenvalue weighted by atomic mass is 9.99. The molecule has 1 aliphatic rings. The molecule has 1 N–H and O–H groups in total. The van der Waals surface area contributed by atoms with Gasteiger partial charge in [0.05, 0.1) is 12.7 Å². The molecule has 0 aliphatic heterocycles. The lowest BCUT2D eigenvalue weighted by Gasteiger charge is -2.10. The number of fused-ring (bicyclic) bond motifs is 1. The number of aryl methyl sites for hydroxylation is 1. The third kappa shape index (κ3) is 1.56. The summed E-state index contributed by atoms with van der Waals surface area (Å²) < 4.78 is 5.06. The fourth-order valence-electron chi connectivity index (χ4n) is 2.17. The van der Waals surface area contributed by atoms with Gasteiger partial charge in [0.1, 0.15) is 5.75 Å². The zero-order chi connectivity index (χ0) is 11.7. The lowest BCUT2D eigenvalue weighted by Crippen LogP contribution is -2.16. The van der Waals surface area contributed by atoms with Crippen LogP contribution in [-0.4, -0.2) is 24.0 Å². The molecular weight excluding hydrogens is 208 g/mol. The third-order valence-corrected chi connectivity index (χ3v) is 2.89. The van der Waals surface area contributed by atoms with Crippen molar-refractivity contribution in [2.24, 2.45) is 0 Å². The minimum atomic E-state index is -1.43. The number of methoxy groups -OCH3 is 1. The molecular formula is C12H12O4. The molecule has 0 bridgehead atoms. The summed E-state index contributed by atoms with van der Waals surface area (Å²) in [5.74, 6) is -1.96. The number of aliphatic carboxylic acids is 1. The van der Waals surface area contributed by atoms with Crippen molar-refractivity contribution < 1.29 is 19.4 Å². The highest BCUT2D eigenvalue weighted by molar-refractivity contribution is 6.41. The van der Waals surface area contributed by atoms with E-state index in [1.807, 2.05) is 6.07 Å². The van der Waals surface area contributed by atoms with Crippen molar-refractivity contribution in [3.63, 3.8) is 0 Å². The minimum Gasteiger partial charge on any atom is -0.496 e. The van der Waals surface area contributed by atoms with E-state index in [-0.39, 0.29) is 5.56 Å². The van der Waals surface area contributed by atoms with Gasteiger partial charge >= 0.3 is 5.97 Å². The van der Waals surface area contributed by atoms with Crippen molar-refractivity contribution in [3.8, 4) is 5.75 Å². The van der Waals surface area contributed by atoms with Crippen molar-refractivity contribution >= 4 is 11.8 Å². The quantitative estimate of drug-likeness (QED) is 0.618. The first kappa shape index (κ1) is 10.7. The highest BCUT2D eigenvalue weighted by Gasteiger charge is 2.27. The first-order chi connectivity index (χ1) is 7.65. The Morgan fingerprint density at radius 2 is 2.06 bits per heavy atom. The smallest absolute Gasteiger partial charge is 0.377 e. The Balaban J connectivity index is 2.60. The first-order valence-electron chi connectivity index (χ1n) is 5.11. The van der Waals surface area contributed by atoms with Crippen molar-refractivity contribution in [3.05, 3.63) is 28.8 Å². The number of carboxylic acids is 1. The summed E-state index contributed by atoms with van der Waals surface area (Å²) in [6.07, 6.45) is 2.61. The Kier molecular flexibility index (Phi) is 2.64. The van der Waals surface area contributed by atoms with E-state index >= 15 is 0 Å². The molecule has 0 saturated heterocycles. The van der Waals surface area contributed by atoms with Crippen LogP contribution >= 0.6 is 0 Å². The number of carbonyl (C=O) groups excluding carboxylic acids is 1. The summed E-state index contributed by atoms with van der Waals surface area (Å²) in [7, 11) is 1.44. The zero-order valence-corrected chi connectivity index (χ0v) is 8.95. The molecule has 0 heterocycles. The van der Waals surface area contributed by atoms with Crippen LogP contribution in [0.25, 0.3) is 0 Å². The summed E-state index contributed by atoms with van der Waals surface area (Å²) >= 11 is 0. The summed E-state index contributed by atoms with van der Waals surface area (Å²) in [5.41, 5.74) is 2.13. The summed E-state index contributed by atoms with van der Waals surface area (Å²) in [6, 6.07) is 3.57. The molecule has 0 spiro atoms. The van der Waals surface area contributed by atoms with Gasteiger partial charge in [0.15, 0.2) is 0 Å². The molecule has 1 aliphatic carbocycles. The molecule has 16 heavy (non-hydrogen) atoms. The number of Topliss-reactive ketones (excluding diaryl/α,β-unsaturated/α-hetero) is 1. The largest absolute Gasteiger partial charge is 0.496 e. The van der Waals surface area contributed by atoms with Crippen molar-refractivity contribution in [2.75, 3.05) is 7.11 Å². The van der Waals surface area contributed by atoms with E-state index in [1.165, 1.54) is 7.11 Å². The maximum Gasteiger partial charge on any atom is 0.377 e. The Hall–Kier alpha value is -1.84. The number of ether oxygens (including phenoxy) is 1. The van der Waals surface area contributed by atoms with Gasteiger partial charge in [-0.1, -0.05) is 6.07 Å². The van der Waals surface area contributed by atoms with Crippen LogP contribution in [-0.2, 0) is 17.6 Å². The van der Waals surface area contributed by atoms with Crippen LogP contribution in [0.5, 0.6) is 5.75 Å². The average Bonchev–Trinajstić information content (AvgIpc) is 2.74. The predicted octanol–water partition coefficient (Wildman–Crippen LogP) is 1.45. The van der Waals surface area contributed by atoms with Gasteiger partial charge in [-0.3, -0.25) is 4.79 Å². The molecule has 0 saturated carbocycles. The van der Waals surface area contributed by atoms with E-state index in [9.17, 15) is 9.59 Å². The number of ketones is 1. The number of rotatable bonds is 3. The predicted molar refractivity (Wildman–Crippen MR) is 57.0 cm³/mol. The molecule has 4 nitrogen and oxygen atoms in total. The molecule has 0 unspecified atom stereocenters. The number of benzene rings is 1. The molecule has 0 aromatic heterocycles. The summed E-state index contributed by atoms with van der Waals surface area (Å²) in [5, 5.41) is 8.78. The molecule has 0 radical (unpaired) electrons. The molecule has 84 valence electrons. The van der Waals surface area contributed by atoms with E-state index in [2.05, 4.69) is 0 Å². The minimum absolute atomic E-state index is 0.227. The van der Waals surface area contributed by atoms with Crippen LogP contribution in [0.4, 0.5) is 0 Å². The molecule has 1 aromatic carbocycles. The van der Waals surface area contributed by atoms with Gasteiger partial charge in [-0.2, -0.15) is 0 Å². The van der Waals surface area contributed by atoms with Crippen molar-refractivity contribution in [1.29, 1.82) is 0 Å². The number of carboxylic acid groups (broad SMARTS) is 1. The van der Waals surface area contributed by atoms with Crippen molar-refractivity contribution in [1.82, 2.24) is 0 Å². The van der Waals surface area contributed by atoms with E-state index in [0.717, 1.165) is 30.4 Å². The molecule has 2 rings (SSSR count). The number of carbonyl (C=O) groups is 2. The van der Waals surface area contributed by atoms with E-state index in [0.29, 0.717) is 5.75 Å². The highest BCUT2D eigenvalue weighted by atomic mass is 16.5. The molecule has 0 fully saturated rings. The zero-order valence-electron chi connectivity index (χ0n) is 8.95.